The summed E-state index contributed by atoms with van der Waals surface area (Å²) in [5.74, 6) is 0.910. The van der Waals surface area contributed by atoms with E-state index < -0.39 is 11.9 Å². The van der Waals surface area contributed by atoms with Gasteiger partial charge in [0.25, 0.3) is 11.8 Å². The lowest BCUT2D eigenvalue weighted by atomic mass is 10.2. The Morgan fingerprint density at radius 1 is 0.833 bits per heavy atom. The minimum absolute atomic E-state index is 0.326. The van der Waals surface area contributed by atoms with Gasteiger partial charge in [0.05, 0.1) is 0 Å². The molecular weight excluding hydrogens is 324 g/mol. The van der Waals surface area contributed by atoms with Gasteiger partial charge in [-0.2, -0.15) is 10.5 Å². The summed E-state index contributed by atoms with van der Waals surface area (Å²) >= 11 is 0. The molecule has 138 valence electrons. The number of imide groups is 2. The Labute approximate surface area is 148 Å². The van der Waals surface area contributed by atoms with Gasteiger partial charge in [-0.3, -0.25) is 19.8 Å². The number of nitrogens with one attached hydrogen (secondary N) is 1. The van der Waals surface area contributed by atoms with Crippen molar-refractivity contribution in [1.82, 2.24) is 10.2 Å². The summed E-state index contributed by atoms with van der Waals surface area (Å²) in [4.78, 5) is 38.7. The number of carbonyl (C=O) groups is 3. The fourth-order valence-corrected chi connectivity index (χ4v) is 5.19. The molecule has 0 aromatic heterocycles. The van der Waals surface area contributed by atoms with Gasteiger partial charge in [0.15, 0.2) is 0 Å². The highest BCUT2D eigenvalue weighted by Crippen LogP contribution is 2.23. The Morgan fingerprint density at radius 3 is 1.96 bits per heavy atom. The first-order valence-corrected chi connectivity index (χ1v) is 10.8. The van der Waals surface area contributed by atoms with Gasteiger partial charge >= 0.3 is 6.03 Å². The number of carbonyl (C=O) groups excluding carboxylic acids is 3. The molecule has 0 aliphatic carbocycles. The number of rotatable bonds is 11. The molecule has 0 bridgehead atoms. The van der Waals surface area contributed by atoms with Crippen molar-refractivity contribution in [1.29, 1.82) is 0 Å². The van der Waals surface area contributed by atoms with Crippen molar-refractivity contribution >= 4 is 33.2 Å². The normalized spacial score (nSPS) is 15.4. The molecule has 1 rings (SSSR count). The maximum absolute atomic E-state index is 12.8. The van der Waals surface area contributed by atoms with Gasteiger partial charge in [-0.25, -0.2) is 4.79 Å². The largest absolute Gasteiger partial charge is 0.331 e. The lowest BCUT2D eigenvalue weighted by Gasteiger charge is -2.28. The molecule has 5 nitrogen and oxygen atoms in total. The fraction of sp³-hybridized carbons (Fsp3) is 0.778. The van der Waals surface area contributed by atoms with Crippen molar-refractivity contribution in [3.8, 4) is 0 Å². The maximum Gasteiger partial charge on any atom is 0.331 e. The molecule has 4 amide bonds. The van der Waals surface area contributed by atoms with E-state index in [0.29, 0.717) is 11.4 Å². The van der Waals surface area contributed by atoms with Crippen molar-refractivity contribution < 1.29 is 14.4 Å². The predicted molar refractivity (Wildman–Crippen MR) is 102 cm³/mol. The second kappa shape index (κ2) is 11.4. The molecule has 0 saturated carbocycles. The first-order valence-electron chi connectivity index (χ1n) is 9.28. The van der Waals surface area contributed by atoms with Crippen LogP contribution in [0.1, 0.15) is 72.1 Å². The first kappa shape index (κ1) is 20.9. The van der Waals surface area contributed by atoms with E-state index >= 15 is 0 Å². The highest BCUT2D eigenvalue weighted by molar-refractivity contribution is 8.18. The van der Waals surface area contributed by atoms with Gasteiger partial charge in [0, 0.05) is 6.54 Å². The van der Waals surface area contributed by atoms with Gasteiger partial charge in [0.2, 0.25) is 0 Å². The lowest BCUT2D eigenvalue weighted by molar-refractivity contribution is -0.125. The van der Waals surface area contributed by atoms with Crippen LogP contribution >= 0.6 is 10.5 Å². The van der Waals surface area contributed by atoms with Gasteiger partial charge in [-0.15, -0.1) is 0 Å². The monoisotopic (exact) mass is 356 g/mol. The van der Waals surface area contributed by atoms with Crippen LogP contribution < -0.4 is 5.32 Å². The molecule has 0 aromatic rings. The predicted octanol–water partition coefficient (Wildman–Crippen LogP) is 3.69. The zero-order valence-electron chi connectivity index (χ0n) is 15.4. The Bertz CT molecular complexity index is 479. The average molecular weight is 357 g/mol. The quantitative estimate of drug-likeness (QED) is 0.453. The van der Waals surface area contributed by atoms with Crippen molar-refractivity contribution in [3.05, 3.63) is 0 Å². The minimum atomic E-state index is -0.556. The van der Waals surface area contributed by atoms with Crippen LogP contribution in [0.4, 0.5) is 4.79 Å². The summed E-state index contributed by atoms with van der Waals surface area (Å²) in [6, 6.07) is -0.556. The summed E-state index contributed by atoms with van der Waals surface area (Å²) in [5, 5.41) is 2.38. The van der Waals surface area contributed by atoms with E-state index in [0.717, 1.165) is 62.9 Å². The Balaban J connectivity index is 2.95. The van der Waals surface area contributed by atoms with Crippen LogP contribution in [0.25, 0.3) is 0 Å². The van der Waals surface area contributed by atoms with Crippen LogP contribution in [0.5, 0.6) is 0 Å². The summed E-state index contributed by atoms with van der Waals surface area (Å²) in [6.45, 7) is 6.74. The summed E-state index contributed by atoms with van der Waals surface area (Å²) in [7, 11) is -0.354. The molecule has 0 spiro atoms. The topological polar surface area (TPSA) is 66.5 Å². The lowest BCUT2D eigenvalue weighted by Crippen LogP contribution is -2.58. The third-order valence-corrected chi connectivity index (χ3v) is 6.62. The van der Waals surface area contributed by atoms with E-state index in [1.165, 1.54) is 4.90 Å². The van der Waals surface area contributed by atoms with Gasteiger partial charge in [0.1, 0.15) is 4.86 Å². The molecule has 6 heteroatoms. The number of hydrogen-bond acceptors (Lipinski definition) is 3. The molecule has 1 heterocycles. The third-order valence-electron chi connectivity index (χ3n) is 4.12. The molecule has 1 aliphatic heterocycles. The second-order valence-corrected chi connectivity index (χ2v) is 8.42. The number of nitrogens with zero attached hydrogens (tertiary/aromatic N) is 1. The Morgan fingerprint density at radius 2 is 1.42 bits per heavy atom. The van der Waals surface area contributed by atoms with E-state index in [1.54, 1.807) is 0 Å². The molecule has 1 fully saturated rings. The number of amides is 4. The van der Waals surface area contributed by atoms with Crippen LogP contribution in [0, 0.1) is 0 Å². The number of unbranched alkanes of at least 4 members (excludes halogenated alkanes) is 5. The zero-order chi connectivity index (χ0) is 17.9. The van der Waals surface area contributed by atoms with Crippen LogP contribution in [-0.4, -0.2) is 45.7 Å². The summed E-state index contributed by atoms with van der Waals surface area (Å²) < 4.78 is 0. The van der Waals surface area contributed by atoms with E-state index in [4.69, 9.17) is 0 Å². The molecule has 1 saturated heterocycles. The average Bonchev–Trinajstić information content (AvgIpc) is 2.55. The van der Waals surface area contributed by atoms with Crippen molar-refractivity contribution in [3.63, 3.8) is 0 Å². The summed E-state index contributed by atoms with van der Waals surface area (Å²) in [6.07, 6.45) is 8.07. The maximum atomic E-state index is 12.8. The molecule has 0 atom stereocenters. The second-order valence-electron chi connectivity index (χ2n) is 6.21. The van der Waals surface area contributed by atoms with Gasteiger partial charge < -0.3 is 0 Å². The van der Waals surface area contributed by atoms with Crippen LogP contribution in [0.15, 0.2) is 0 Å². The molecule has 0 aromatic carbocycles. The number of urea groups is 1. The van der Waals surface area contributed by atoms with E-state index in [9.17, 15) is 14.4 Å². The molecular formula is C18H32N2O3S. The summed E-state index contributed by atoms with van der Waals surface area (Å²) in [5.41, 5.74) is 0. The third kappa shape index (κ3) is 6.04. The van der Waals surface area contributed by atoms with Gasteiger partial charge in [-0.1, -0.05) is 52.9 Å². The van der Waals surface area contributed by atoms with Crippen molar-refractivity contribution in [2.75, 3.05) is 18.1 Å². The zero-order valence-corrected chi connectivity index (χ0v) is 16.2. The van der Waals surface area contributed by atoms with E-state index in [-0.39, 0.29) is 16.4 Å². The highest BCUT2D eigenvalue weighted by atomic mass is 32.2. The van der Waals surface area contributed by atoms with Crippen LogP contribution in [0.3, 0.4) is 0 Å². The van der Waals surface area contributed by atoms with Crippen LogP contribution in [0.2, 0.25) is 0 Å². The van der Waals surface area contributed by atoms with Crippen molar-refractivity contribution in [2.45, 2.75) is 72.1 Å². The number of barbiturate groups is 1. The Hall–Kier alpha value is -1.17. The minimum Gasteiger partial charge on any atom is -0.273 e. The highest BCUT2D eigenvalue weighted by Gasteiger charge is 2.37. The van der Waals surface area contributed by atoms with Gasteiger partial charge in [-0.05, 0) is 30.8 Å². The van der Waals surface area contributed by atoms with E-state index in [2.05, 4.69) is 26.1 Å². The number of hydrogen-bond donors (Lipinski definition) is 1. The smallest absolute Gasteiger partial charge is 0.273 e. The SMILES string of the molecule is CCCCCCN1C(=O)NC(=O)C(=S(CCCC)CCCC)C1=O. The molecule has 1 aliphatic rings. The molecule has 1 N–H and O–H groups in total. The molecule has 24 heavy (non-hydrogen) atoms. The fourth-order valence-electron chi connectivity index (χ4n) is 2.63. The van der Waals surface area contributed by atoms with E-state index in [1.807, 2.05) is 0 Å². The van der Waals surface area contributed by atoms with Crippen LogP contribution in [-0.2, 0) is 9.59 Å². The molecule has 0 radical (unpaired) electrons. The first-order chi connectivity index (χ1) is 11.6. The van der Waals surface area contributed by atoms with Crippen molar-refractivity contribution in [2.24, 2.45) is 0 Å². The standard InChI is InChI=1S/C18H32N2O3S/c1-4-7-10-11-12-20-17(22)15(16(21)19-18(20)23)24(13-8-5-2)14-9-6-3/h4-14H2,1-3H3,(H,19,21,23). The molecule has 0 unspecified atom stereocenters. The Kier molecular flexibility index (Phi) is 9.91.